The van der Waals surface area contributed by atoms with Crippen LogP contribution in [-0.2, 0) is 14.8 Å². The third-order valence-corrected chi connectivity index (χ3v) is 9.49. The smallest absolute Gasteiger partial charge is 0.252 e. The minimum Gasteiger partial charge on any atom is -0.326 e. The average Bonchev–Trinajstić information content (AvgIpc) is 3.40. The maximum Gasteiger partial charge on any atom is 0.252 e. The van der Waals surface area contributed by atoms with Crippen molar-refractivity contribution in [2.75, 3.05) is 32.0 Å². The Hall–Kier alpha value is -1.81. The van der Waals surface area contributed by atoms with E-state index in [-0.39, 0.29) is 23.7 Å². The summed E-state index contributed by atoms with van der Waals surface area (Å²) in [5.74, 6) is -0.138. The molecule has 1 aromatic heterocycles. The molecular weight excluding hydrogens is 425 g/mol. The first-order valence-corrected chi connectivity index (χ1v) is 12.5. The van der Waals surface area contributed by atoms with Gasteiger partial charge >= 0.3 is 0 Å². The molecule has 2 aromatic rings. The van der Waals surface area contributed by atoms with Crippen LogP contribution >= 0.6 is 11.3 Å². The highest BCUT2D eigenvalue weighted by atomic mass is 32.2. The number of amides is 1. The summed E-state index contributed by atoms with van der Waals surface area (Å²) >= 11 is 1.25. The van der Waals surface area contributed by atoms with Gasteiger partial charge in [0, 0.05) is 31.4 Å². The number of likely N-dealkylation sites (tertiary alicyclic amines) is 1. The predicted octanol–water partition coefficient (Wildman–Crippen LogP) is 3.25. The van der Waals surface area contributed by atoms with Crippen molar-refractivity contribution in [2.24, 2.45) is 11.8 Å². The van der Waals surface area contributed by atoms with Crippen LogP contribution in [0.1, 0.15) is 19.3 Å². The number of piperidine rings is 1. The molecule has 0 aliphatic carbocycles. The second-order valence-corrected chi connectivity index (χ2v) is 11.2. The molecule has 0 saturated carbocycles. The Bertz CT molecular complexity index is 971. The first kappa shape index (κ1) is 21.4. The summed E-state index contributed by atoms with van der Waals surface area (Å²) in [6, 6.07) is 9.46. The molecule has 30 heavy (non-hydrogen) atoms. The predicted molar refractivity (Wildman–Crippen MR) is 115 cm³/mol. The summed E-state index contributed by atoms with van der Waals surface area (Å²) in [5.41, 5.74) is 0.597. The summed E-state index contributed by atoms with van der Waals surface area (Å²) < 4.78 is 40.5. The summed E-state index contributed by atoms with van der Waals surface area (Å²) in [4.78, 5) is 14.9. The first-order valence-electron chi connectivity index (χ1n) is 10.1. The van der Waals surface area contributed by atoms with Crippen LogP contribution in [0.5, 0.6) is 0 Å². The van der Waals surface area contributed by atoms with Crippen molar-refractivity contribution in [3.63, 3.8) is 0 Å². The van der Waals surface area contributed by atoms with E-state index in [2.05, 4.69) is 10.2 Å². The fraction of sp³-hybridized carbons (Fsp3) is 0.476. The van der Waals surface area contributed by atoms with Gasteiger partial charge in [-0.2, -0.15) is 4.31 Å². The Morgan fingerprint density at radius 2 is 1.87 bits per heavy atom. The Labute approximate surface area is 180 Å². The number of sulfonamides is 1. The molecule has 0 bridgehead atoms. The molecule has 0 spiro atoms. The fourth-order valence-electron chi connectivity index (χ4n) is 4.59. The largest absolute Gasteiger partial charge is 0.326 e. The Morgan fingerprint density at radius 3 is 2.50 bits per heavy atom. The summed E-state index contributed by atoms with van der Waals surface area (Å²) in [6.07, 6.45) is 2.35. The van der Waals surface area contributed by atoms with Crippen LogP contribution in [0.3, 0.4) is 0 Å². The van der Waals surface area contributed by atoms with Crippen LogP contribution in [0.25, 0.3) is 0 Å². The first-order chi connectivity index (χ1) is 14.3. The van der Waals surface area contributed by atoms with E-state index < -0.39 is 10.0 Å². The Balaban J connectivity index is 1.33. The average molecular weight is 452 g/mol. The molecule has 1 N–H and O–H groups in total. The molecule has 9 heteroatoms. The minimum absolute atomic E-state index is 0.0475. The highest BCUT2D eigenvalue weighted by Crippen LogP contribution is 2.35. The molecule has 162 valence electrons. The second kappa shape index (κ2) is 8.74. The van der Waals surface area contributed by atoms with Crippen molar-refractivity contribution in [1.29, 1.82) is 0 Å². The zero-order valence-corrected chi connectivity index (χ0v) is 18.5. The number of benzene rings is 1. The van der Waals surface area contributed by atoms with E-state index in [0.717, 1.165) is 19.3 Å². The number of carbonyl (C=O) groups is 1. The van der Waals surface area contributed by atoms with Gasteiger partial charge in [-0.15, -0.1) is 11.3 Å². The number of thiophene rings is 1. The number of halogens is 1. The van der Waals surface area contributed by atoms with Gasteiger partial charge in [0.05, 0.1) is 5.92 Å². The molecule has 2 atom stereocenters. The topological polar surface area (TPSA) is 69.7 Å². The molecular formula is C21H26FN3O3S2. The molecule has 1 aromatic carbocycles. The van der Waals surface area contributed by atoms with Crippen molar-refractivity contribution in [1.82, 2.24) is 9.21 Å². The second-order valence-electron chi connectivity index (χ2n) is 8.11. The standard InChI is InChI=1S/C21H26FN3O3S2/c1-24-14-16(21(26)23-18-6-4-17(22)5-7-18)13-19(24)15-8-10-25(11-9-15)30(27,28)20-3-2-12-29-20/h2-7,12,15-16,19H,8-11,13-14H2,1H3,(H,23,26)/t16-,19-/m1/s1. The fourth-order valence-corrected chi connectivity index (χ4v) is 7.20. The highest BCUT2D eigenvalue weighted by Gasteiger charge is 2.40. The quantitative estimate of drug-likeness (QED) is 0.758. The van der Waals surface area contributed by atoms with Crippen molar-refractivity contribution in [2.45, 2.75) is 29.5 Å². The van der Waals surface area contributed by atoms with Gasteiger partial charge in [-0.3, -0.25) is 4.79 Å². The molecule has 6 nitrogen and oxygen atoms in total. The van der Waals surface area contributed by atoms with Crippen LogP contribution in [0.15, 0.2) is 46.0 Å². The van der Waals surface area contributed by atoms with Gasteiger partial charge in [0.15, 0.2) is 0 Å². The van der Waals surface area contributed by atoms with Crippen molar-refractivity contribution in [3.05, 3.63) is 47.6 Å². The lowest BCUT2D eigenvalue weighted by Crippen LogP contribution is -2.43. The van der Waals surface area contributed by atoms with Gasteiger partial charge in [-0.05, 0) is 67.9 Å². The van der Waals surface area contributed by atoms with Crippen LogP contribution in [0.4, 0.5) is 10.1 Å². The normalized spacial score (nSPS) is 24.2. The molecule has 0 unspecified atom stereocenters. The van der Waals surface area contributed by atoms with Gasteiger partial charge in [-0.1, -0.05) is 6.07 Å². The van der Waals surface area contributed by atoms with Gasteiger partial charge in [0.25, 0.3) is 10.0 Å². The highest BCUT2D eigenvalue weighted by molar-refractivity contribution is 7.91. The third-order valence-electron chi connectivity index (χ3n) is 6.22. The number of anilines is 1. The van der Waals surface area contributed by atoms with E-state index >= 15 is 0 Å². The minimum atomic E-state index is -3.39. The number of hydrogen-bond donors (Lipinski definition) is 1. The van der Waals surface area contributed by atoms with Crippen molar-refractivity contribution in [3.8, 4) is 0 Å². The molecule has 2 saturated heterocycles. The lowest BCUT2D eigenvalue weighted by atomic mass is 9.87. The number of carbonyl (C=O) groups excluding carboxylic acids is 1. The molecule has 1 amide bonds. The Kier molecular flexibility index (Phi) is 6.24. The van der Waals surface area contributed by atoms with Gasteiger partial charge in [-0.25, -0.2) is 12.8 Å². The van der Waals surface area contributed by atoms with E-state index in [1.807, 2.05) is 7.05 Å². The van der Waals surface area contributed by atoms with Gasteiger partial charge < -0.3 is 10.2 Å². The van der Waals surface area contributed by atoms with Gasteiger partial charge in [0.1, 0.15) is 10.0 Å². The van der Waals surface area contributed by atoms with Crippen LogP contribution in [-0.4, -0.2) is 56.3 Å². The number of rotatable bonds is 5. The zero-order valence-electron chi connectivity index (χ0n) is 16.8. The summed E-state index contributed by atoms with van der Waals surface area (Å²) in [5, 5.41) is 4.66. The van der Waals surface area contributed by atoms with Crippen LogP contribution in [0, 0.1) is 17.7 Å². The molecule has 2 aliphatic rings. The third kappa shape index (κ3) is 4.44. The SMILES string of the molecule is CN1C[C@H](C(=O)Nc2ccc(F)cc2)C[C@@H]1C1CCN(S(=O)(=O)c2cccs2)CC1. The van der Waals surface area contributed by atoms with Crippen molar-refractivity contribution < 1.29 is 17.6 Å². The molecule has 3 heterocycles. The van der Waals surface area contributed by atoms with Crippen molar-refractivity contribution >= 4 is 33.0 Å². The lowest BCUT2D eigenvalue weighted by Gasteiger charge is -2.36. The molecule has 0 radical (unpaired) electrons. The zero-order chi connectivity index (χ0) is 21.3. The van der Waals surface area contributed by atoms with E-state index in [4.69, 9.17) is 0 Å². The molecule has 4 rings (SSSR count). The lowest BCUT2D eigenvalue weighted by molar-refractivity contribution is -0.119. The molecule has 2 aliphatic heterocycles. The van der Waals surface area contributed by atoms with E-state index in [1.165, 1.54) is 23.5 Å². The maximum absolute atomic E-state index is 13.1. The summed E-state index contributed by atoms with van der Waals surface area (Å²) in [7, 11) is -1.36. The van der Waals surface area contributed by atoms with Crippen LogP contribution in [0.2, 0.25) is 0 Å². The molecule has 2 fully saturated rings. The summed E-state index contributed by atoms with van der Waals surface area (Å²) in [6.45, 7) is 1.70. The van der Waals surface area contributed by atoms with E-state index in [9.17, 15) is 17.6 Å². The number of nitrogens with one attached hydrogen (secondary N) is 1. The van der Waals surface area contributed by atoms with Gasteiger partial charge in [0.2, 0.25) is 5.91 Å². The van der Waals surface area contributed by atoms with E-state index in [1.54, 1.807) is 34.0 Å². The van der Waals surface area contributed by atoms with Crippen LogP contribution < -0.4 is 5.32 Å². The maximum atomic E-state index is 13.1. The number of hydrogen-bond acceptors (Lipinski definition) is 5. The number of nitrogens with zero attached hydrogens (tertiary/aromatic N) is 2. The Morgan fingerprint density at radius 1 is 1.17 bits per heavy atom. The monoisotopic (exact) mass is 451 g/mol. The van der Waals surface area contributed by atoms with E-state index in [0.29, 0.717) is 35.4 Å².